The molecule has 0 saturated carbocycles. The molecule has 0 radical (unpaired) electrons. The van der Waals surface area contributed by atoms with Gasteiger partial charge in [-0.1, -0.05) is 6.07 Å². The number of benzene rings is 1. The molecule has 5 nitrogen and oxygen atoms in total. The number of carbonyl (C=O) groups excluding carboxylic acids is 1. The molecule has 0 aliphatic heterocycles. The standard InChI is InChI=1S/C14H19FN2O3/c1-9(2)17(8-7-13(18)19)14(20)16-12-6-4-5-11(15)10(12)3/h4-6,9H,7-8H2,1-3H3,(H,16,20)(H,18,19). The minimum atomic E-state index is -0.967. The summed E-state index contributed by atoms with van der Waals surface area (Å²) < 4.78 is 13.4. The Kier molecular flexibility index (Phi) is 5.49. The summed E-state index contributed by atoms with van der Waals surface area (Å²) in [6.45, 7) is 5.26. The predicted molar refractivity (Wildman–Crippen MR) is 74.3 cm³/mol. The van der Waals surface area contributed by atoms with Crippen molar-refractivity contribution < 1.29 is 19.1 Å². The highest BCUT2D eigenvalue weighted by molar-refractivity contribution is 5.90. The molecule has 0 fully saturated rings. The van der Waals surface area contributed by atoms with Gasteiger partial charge < -0.3 is 15.3 Å². The van der Waals surface area contributed by atoms with E-state index < -0.39 is 17.8 Å². The van der Waals surface area contributed by atoms with E-state index in [0.29, 0.717) is 11.3 Å². The number of anilines is 1. The maximum absolute atomic E-state index is 13.4. The number of halogens is 1. The van der Waals surface area contributed by atoms with Crippen molar-refractivity contribution in [2.75, 3.05) is 11.9 Å². The van der Waals surface area contributed by atoms with Gasteiger partial charge in [0.15, 0.2) is 0 Å². The molecule has 1 rings (SSSR count). The Hall–Kier alpha value is -2.11. The first-order valence-electron chi connectivity index (χ1n) is 6.37. The van der Waals surface area contributed by atoms with Crippen molar-refractivity contribution in [1.82, 2.24) is 4.90 Å². The zero-order valence-electron chi connectivity index (χ0n) is 11.8. The molecular weight excluding hydrogens is 263 g/mol. The monoisotopic (exact) mass is 282 g/mol. The third-order valence-electron chi connectivity index (χ3n) is 2.96. The van der Waals surface area contributed by atoms with Gasteiger partial charge in [-0.25, -0.2) is 9.18 Å². The number of nitrogens with one attached hydrogen (secondary N) is 1. The van der Waals surface area contributed by atoms with E-state index in [1.807, 2.05) is 0 Å². The summed E-state index contributed by atoms with van der Waals surface area (Å²) in [6, 6.07) is 3.84. The number of carboxylic acid groups (broad SMARTS) is 1. The zero-order valence-corrected chi connectivity index (χ0v) is 11.8. The van der Waals surface area contributed by atoms with Gasteiger partial charge in [-0.3, -0.25) is 4.79 Å². The number of aliphatic carboxylic acids is 1. The summed E-state index contributed by atoms with van der Waals surface area (Å²) in [7, 11) is 0. The van der Waals surface area contributed by atoms with Crippen LogP contribution in [-0.2, 0) is 4.79 Å². The number of hydrogen-bond donors (Lipinski definition) is 2. The van der Waals surface area contributed by atoms with E-state index in [1.165, 1.54) is 17.0 Å². The molecule has 6 heteroatoms. The Morgan fingerprint density at radius 3 is 2.60 bits per heavy atom. The fourth-order valence-electron chi connectivity index (χ4n) is 1.74. The van der Waals surface area contributed by atoms with E-state index >= 15 is 0 Å². The van der Waals surface area contributed by atoms with Gasteiger partial charge in [0.05, 0.1) is 6.42 Å². The first-order chi connectivity index (χ1) is 9.32. The second-order valence-electron chi connectivity index (χ2n) is 4.77. The highest BCUT2D eigenvalue weighted by Gasteiger charge is 2.19. The van der Waals surface area contributed by atoms with Crippen LogP contribution in [0.15, 0.2) is 18.2 Å². The number of urea groups is 1. The summed E-state index contributed by atoms with van der Waals surface area (Å²) in [4.78, 5) is 24.1. The molecule has 1 aromatic rings. The van der Waals surface area contributed by atoms with Gasteiger partial charge in [0.25, 0.3) is 0 Å². The predicted octanol–water partition coefficient (Wildman–Crippen LogP) is 2.85. The third kappa shape index (κ3) is 4.22. The lowest BCUT2D eigenvalue weighted by molar-refractivity contribution is -0.137. The Labute approximate surface area is 117 Å². The summed E-state index contributed by atoms with van der Waals surface area (Å²) in [5.41, 5.74) is 0.735. The SMILES string of the molecule is Cc1c(F)cccc1NC(=O)N(CCC(=O)O)C(C)C. The van der Waals surface area contributed by atoms with Gasteiger partial charge in [0.2, 0.25) is 0 Å². The Bertz CT molecular complexity index is 503. The van der Waals surface area contributed by atoms with E-state index in [-0.39, 0.29) is 19.0 Å². The molecule has 1 aromatic carbocycles. The Balaban J connectivity index is 2.80. The fourth-order valence-corrected chi connectivity index (χ4v) is 1.74. The molecule has 0 aliphatic carbocycles. The minimum absolute atomic E-state index is 0.104. The molecule has 0 saturated heterocycles. The summed E-state index contributed by atoms with van der Waals surface area (Å²) >= 11 is 0. The molecule has 2 amide bonds. The van der Waals surface area contributed by atoms with Crippen LogP contribution in [0.4, 0.5) is 14.9 Å². The first-order valence-corrected chi connectivity index (χ1v) is 6.37. The van der Waals surface area contributed by atoms with E-state index in [9.17, 15) is 14.0 Å². The van der Waals surface area contributed by atoms with Crippen molar-refractivity contribution in [1.29, 1.82) is 0 Å². The molecular formula is C14H19FN2O3. The minimum Gasteiger partial charge on any atom is -0.481 e. The lowest BCUT2D eigenvalue weighted by Crippen LogP contribution is -2.41. The lowest BCUT2D eigenvalue weighted by atomic mass is 10.2. The number of carbonyl (C=O) groups is 2. The number of nitrogens with zero attached hydrogens (tertiary/aromatic N) is 1. The van der Waals surface area contributed by atoms with Crippen LogP contribution in [0, 0.1) is 12.7 Å². The molecule has 0 spiro atoms. The molecule has 0 heterocycles. The highest BCUT2D eigenvalue weighted by atomic mass is 19.1. The van der Waals surface area contributed by atoms with E-state index in [0.717, 1.165) is 0 Å². The van der Waals surface area contributed by atoms with Crippen molar-refractivity contribution in [2.45, 2.75) is 33.2 Å². The number of amides is 2. The van der Waals surface area contributed by atoms with Gasteiger partial charge in [-0.2, -0.15) is 0 Å². The van der Waals surface area contributed by atoms with Crippen LogP contribution in [0.3, 0.4) is 0 Å². The van der Waals surface area contributed by atoms with Crippen LogP contribution in [0.1, 0.15) is 25.8 Å². The Morgan fingerprint density at radius 2 is 2.05 bits per heavy atom. The summed E-state index contributed by atoms with van der Waals surface area (Å²) in [5.74, 6) is -1.37. The molecule has 0 unspecified atom stereocenters. The Morgan fingerprint density at radius 1 is 1.40 bits per heavy atom. The molecule has 0 atom stereocenters. The number of hydrogen-bond acceptors (Lipinski definition) is 2. The average molecular weight is 282 g/mol. The second kappa shape index (κ2) is 6.88. The van der Waals surface area contributed by atoms with Gasteiger partial charge in [0, 0.05) is 23.8 Å². The topological polar surface area (TPSA) is 69.6 Å². The summed E-state index contributed by atoms with van der Waals surface area (Å²) in [5, 5.41) is 11.3. The second-order valence-corrected chi connectivity index (χ2v) is 4.77. The van der Waals surface area contributed by atoms with Crippen LogP contribution in [0.5, 0.6) is 0 Å². The van der Waals surface area contributed by atoms with Gasteiger partial charge in [0.1, 0.15) is 5.82 Å². The lowest BCUT2D eigenvalue weighted by Gasteiger charge is -2.26. The van der Waals surface area contributed by atoms with Crippen molar-refractivity contribution in [3.8, 4) is 0 Å². The van der Waals surface area contributed by atoms with Gasteiger partial charge in [-0.05, 0) is 32.9 Å². The highest BCUT2D eigenvalue weighted by Crippen LogP contribution is 2.18. The quantitative estimate of drug-likeness (QED) is 0.872. The van der Waals surface area contributed by atoms with E-state index in [2.05, 4.69) is 5.32 Å². The van der Waals surface area contributed by atoms with Crippen LogP contribution in [-0.4, -0.2) is 34.6 Å². The third-order valence-corrected chi connectivity index (χ3v) is 2.96. The maximum atomic E-state index is 13.4. The van der Waals surface area contributed by atoms with E-state index in [4.69, 9.17) is 5.11 Å². The normalized spacial score (nSPS) is 10.4. The average Bonchev–Trinajstić information content (AvgIpc) is 2.34. The molecule has 2 N–H and O–H groups in total. The molecule has 20 heavy (non-hydrogen) atoms. The van der Waals surface area contributed by atoms with E-state index in [1.54, 1.807) is 26.8 Å². The summed E-state index contributed by atoms with van der Waals surface area (Å²) in [6.07, 6.45) is -0.131. The fraction of sp³-hybridized carbons (Fsp3) is 0.429. The molecule has 0 aliphatic rings. The smallest absolute Gasteiger partial charge is 0.322 e. The van der Waals surface area contributed by atoms with Crippen LogP contribution < -0.4 is 5.32 Å². The van der Waals surface area contributed by atoms with Crippen LogP contribution in [0.25, 0.3) is 0 Å². The van der Waals surface area contributed by atoms with Crippen molar-refractivity contribution in [2.24, 2.45) is 0 Å². The van der Waals surface area contributed by atoms with Crippen LogP contribution in [0.2, 0.25) is 0 Å². The zero-order chi connectivity index (χ0) is 15.3. The largest absolute Gasteiger partial charge is 0.481 e. The van der Waals surface area contributed by atoms with Crippen molar-refractivity contribution >= 4 is 17.7 Å². The van der Waals surface area contributed by atoms with Crippen molar-refractivity contribution in [3.63, 3.8) is 0 Å². The maximum Gasteiger partial charge on any atom is 0.322 e. The molecule has 0 bridgehead atoms. The number of carboxylic acids is 1. The van der Waals surface area contributed by atoms with Gasteiger partial charge in [-0.15, -0.1) is 0 Å². The first kappa shape index (κ1) is 15.9. The molecule has 0 aromatic heterocycles. The van der Waals surface area contributed by atoms with Crippen LogP contribution >= 0.6 is 0 Å². The number of rotatable bonds is 5. The van der Waals surface area contributed by atoms with Crippen molar-refractivity contribution in [3.05, 3.63) is 29.6 Å². The molecule has 110 valence electrons. The van der Waals surface area contributed by atoms with Gasteiger partial charge >= 0.3 is 12.0 Å².